The first-order chi connectivity index (χ1) is 32.6. The number of hydrogen-bond donors (Lipinski definition) is 3. The maximum Gasteiger partial charge on any atom is 0.335 e. The molecule has 12 nitrogen and oxygen atoms in total. The standard InChI is InChI=1S/C55H96O12/c1-4-7-10-13-16-19-22-24-27-29-32-35-38-41-47(56)63-44-46(65-48(57)42-39-36-33-31-28-25-23-20-17-14-11-8-5-2)45-64-55-53(51(60)50(59)52(67-55)54(61)62)66-49(58)43-40-37-34-30-26-21-18-15-12-9-6-3/h15,18-20,22-23,46,50-53,55,59-60H,4-14,16-17,21,24-45H2,1-3H3,(H,61,62)/b18-15-,22-19-,23-20-. The van der Waals surface area contributed by atoms with Gasteiger partial charge < -0.3 is 39.0 Å². The van der Waals surface area contributed by atoms with Gasteiger partial charge in [0.05, 0.1) is 6.61 Å². The van der Waals surface area contributed by atoms with Gasteiger partial charge in [-0.15, -0.1) is 0 Å². The molecule has 0 aromatic heterocycles. The Morgan fingerprint density at radius 3 is 1.31 bits per heavy atom. The molecule has 0 spiro atoms. The zero-order valence-corrected chi connectivity index (χ0v) is 42.4. The van der Waals surface area contributed by atoms with Crippen LogP contribution in [0.25, 0.3) is 0 Å². The number of carboxylic acid groups (broad SMARTS) is 1. The lowest BCUT2D eigenvalue weighted by molar-refractivity contribution is -0.301. The molecule has 1 rings (SSSR count). The van der Waals surface area contributed by atoms with Crippen LogP contribution in [0.5, 0.6) is 0 Å². The molecule has 1 heterocycles. The molecule has 0 bridgehead atoms. The summed E-state index contributed by atoms with van der Waals surface area (Å²) < 4.78 is 28.3. The smallest absolute Gasteiger partial charge is 0.335 e. The summed E-state index contributed by atoms with van der Waals surface area (Å²) in [6, 6.07) is 0. The first-order valence-corrected chi connectivity index (χ1v) is 27.0. The number of hydrogen-bond acceptors (Lipinski definition) is 11. The van der Waals surface area contributed by atoms with Crippen molar-refractivity contribution in [2.45, 2.75) is 276 Å². The van der Waals surface area contributed by atoms with Crippen molar-refractivity contribution in [3.8, 4) is 0 Å². The van der Waals surface area contributed by atoms with Crippen LogP contribution in [0.3, 0.4) is 0 Å². The van der Waals surface area contributed by atoms with E-state index in [-0.39, 0.29) is 25.9 Å². The minimum absolute atomic E-state index is 0.0499. The van der Waals surface area contributed by atoms with Crippen LogP contribution < -0.4 is 0 Å². The first-order valence-electron chi connectivity index (χ1n) is 27.0. The summed E-state index contributed by atoms with van der Waals surface area (Å²) in [5, 5.41) is 31.3. The lowest BCUT2D eigenvalue weighted by Gasteiger charge is -2.40. The van der Waals surface area contributed by atoms with Crippen molar-refractivity contribution >= 4 is 23.9 Å². The second-order valence-corrected chi connectivity index (χ2v) is 18.5. The van der Waals surface area contributed by atoms with Gasteiger partial charge in [-0.2, -0.15) is 0 Å². The van der Waals surface area contributed by atoms with Crippen molar-refractivity contribution < 1.29 is 58.2 Å². The third-order valence-corrected chi connectivity index (χ3v) is 12.2. The number of rotatable bonds is 45. The molecular weight excluding hydrogens is 853 g/mol. The third-order valence-electron chi connectivity index (χ3n) is 12.2. The van der Waals surface area contributed by atoms with E-state index in [1.807, 2.05) is 0 Å². The van der Waals surface area contributed by atoms with Crippen LogP contribution in [0.15, 0.2) is 36.5 Å². The van der Waals surface area contributed by atoms with Crippen molar-refractivity contribution in [3.05, 3.63) is 36.5 Å². The van der Waals surface area contributed by atoms with E-state index in [0.717, 1.165) is 116 Å². The van der Waals surface area contributed by atoms with Gasteiger partial charge in [-0.25, -0.2) is 4.79 Å². The molecule has 0 aromatic carbocycles. The van der Waals surface area contributed by atoms with Crippen LogP contribution in [0.2, 0.25) is 0 Å². The van der Waals surface area contributed by atoms with E-state index in [1.165, 1.54) is 64.2 Å². The monoisotopic (exact) mass is 949 g/mol. The molecule has 1 aliphatic rings. The molecule has 1 fully saturated rings. The topological polar surface area (TPSA) is 175 Å². The molecule has 388 valence electrons. The first kappa shape index (κ1) is 62.0. The summed E-state index contributed by atoms with van der Waals surface area (Å²) in [5.74, 6) is -3.14. The summed E-state index contributed by atoms with van der Waals surface area (Å²) >= 11 is 0. The fourth-order valence-electron chi connectivity index (χ4n) is 7.93. The Balaban J connectivity index is 2.74. The van der Waals surface area contributed by atoms with Gasteiger partial charge in [-0.05, 0) is 89.9 Å². The molecule has 0 amide bonds. The maximum atomic E-state index is 13.1. The van der Waals surface area contributed by atoms with E-state index >= 15 is 0 Å². The fourth-order valence-corrected chi connectivity index (χ4v) is 7.93. The van der Waals surface area contributed by atoms with Crippen LogP contribution in [-0.4, -0.2) is 89.2 Å². The van der Waals surface area contributed by atoms with Gasteiger partial charge in [-0.1, -0.05) is 166 Å². The molecule has 67 heavy (non-hydrogen) atoms. The van der Waals surface area contributed by atoms with Crippen LogP contribution in [-0.2, 0) is 42.9 Å². The summed E-state index contributed by atoms with van der Waals surface area (Å²) in [4.78, 5) is 50.8. The van der Waals surface area contributed by atoms with E-state index in [9.17, 15) is 34.5 Å². The zero-order valence-electron chi connectivity index (χ0n) is 42.4. The number of aliphatic carboxylic acids is 1. The SMILES string of the molecule is CCCC/C=C\CCCCCCCC(=O)OC1C(OCC(COC(=O)CCCCCCC/C=C\CCCCCC)OC(=O)CCCCCCC/C=C\CCCCCC)OC(C(=O)O)C(O)C1O. The number of aliphatic hydroxyl groups is 2. The van der Waals surface area contributed by atoms with E-state index < -0.39 is 67.3 Å². The highest BCUT2D eigenvalue weighted by Gasteiger charge is 2.50. The molecule has 6 unspecified atom stereocenters. The predicted octanol–water partition coefficient (Wildman–Crippen LogP) is 12.9. The number of esters is 3. The van der Waals surface area contributed by atoms with Crippen molar-refractivity contribution in [2.75, 3.05) is 13.2 Å². The number of carbonyl (C=O) groups is 4. The third kappa shape index (κ3) is 34.8. The average Bonchev–Trinajstić information content (AvgIpc) is 3.31. The lowest BCUT2D eigenvalue weighted by Crippen LogP contribution is -2.61. The van der Waals surface area contributed by atoms with Crippen molar-refractivity contribution in [2.24, 2.45) is 0 Å². The summed E-state index contributed by atoms with van der Waals surface area (Å²) in [5.41, 5.74) is 0. The molecule has 12 heteroatoms. The minimum Gasteiger partial charge on any atom is -0.479 e. The molecule has 0 aromatic rings. The van der Waals surface area contributed by atoms with Gasteiger partial charge in [0.25, 0.3) is 0 Å². The van der Waals surface area contributed by atoms with Crippen LogP contribution in [0.4, 0.5) is 0 Å². The second kappa shape index (κ2) is 44.2. The number of carbonyl (C=O) groups excluding carboxylic acids is 3. The van der Waals surface area contributed by atoms with Crippen molar-refractivity contribution in [1.82, 2.24) is 0 Å². The average molecular weight is 949 g/mol. The Morgan fingerprint density at radius 1 is 0.478 bits per heavy atom. The molecule has 0 aliphatic carbocycles. The quantitative estimate of drug-likeness (QED) is 0.0228. The highest BCUT2D eigenvalue weighted by molar-refractivity contribution is 5.74. The number of ether oxygens (including phenoxy) is 5. The molecule has 1 aliphatic heterocycles. The molecule has 6 atom stereocenters. The Morgan fingerprint density at radius 2 is 0.866 bits per heavy atom. The highest BCUT2D eigenvalue weighted by atomic mass is 16.7. The highest BCUT2D eigenvalue weighted by Crippen LogP contribution is 2.26. The fraction of sp³-hybridized carbons (Fsp3) is 0.818. The Hall–Kier alpha value is -3.06. The molecule has 0 saturated carbocycles. The van der Waals surface area contributed by atoms with Crippen LogP contribution >= 0.6 is 0 Å². The van der Waals surface area contributed by atoms with E-state index in [4.69, 9.17) is 23.7 Å². The molecule has 1 saturated heterocycles. The number of unbranched alkanes of at least 4 members (excludes halogenated alkanes) is 25. The van der Waals surface area contributed by atoms with Crippen LogP contribution in [0.1, 0.15) is 239 Å². The lowest BCUT2D eigenvalue weighted by atomic mass is 9.98. The van der Waals surface area contributed by atoms with Crippen LogP contribution in [0, 0.1) is 0 Å². The van der Waals surface area contributed by atoms with Gasteiger partial charge in [0, 0.05) is 19.3 Å². The van der Waals surface area contributed by atoms with Gasteiger partial charge in [0.1, 0.15) is 18.8 Å². The van der Waals surface area contributed by atoms with Gasteiger partial charge in [-0.3, -0.25) is 14.4 Å². The Labute approximate surface area is 406 Å². The predicted molar refractivity (Wildman–Crippen MR) is 266 cm³/mol. The minimum atomic E-state index is -1.90. The second-order valence-electron chi connectivity index (χ2n) is 18.5. The van der Waals surface area contributed by atoms with Gasteiger partial charge in [0.2, 0.25) is 0 Å². The van der Waals surface area contributed by atoms with Gasteiger partial charge >= 0.3 is 23.9 Å². The Bertz CT molecular complexity index is 1310. The maximum absolute atomic E-state index is 13.1. The normalized spacial score (nSPS) is 19.1. The Kier molecular flexibility index (Phi) is 40.8. The molecule has 0 radical (unpaired) electrons. The van der Waals surface area contributed by atoms with Gasteiger partial charge in [0.15, 0.2) is 24.6 Å². The molecule has 3 N–H and O–H groups in total. The number of allylic oxidation sites excluding steroid dienone is 6. The number of carboxylic acids is 1. The summed E-state index contributed by atoms with van der Waals surface area (Å²) in [6.45, 7) is 5.88. The van der Waals surface area contributed by atoms with Crippen molar-refractivity contribution in [3.63, 3.8) is 0 Å². The van der Waals surface area contributed by atoms with Crippen molar-refractivity contribution in [1.29, 1.82) is 0 Å². The summed E-state index contributed by atoms with van der Waals surface area (Å²) in [6.07, 6.45) is 37.0. The number of aliphatic hydroxyl groups excluding tert-OH is 2. The molecular formula is C55H96O12. The van der Waals surface area contributed by atoms with E-state index in [1.54, 1.807) is 0 Å². The zero-order chi connectivity index (χ0) is 49.0. The summed E-state index contributed by atoms with van der Waals surface area (Å²) in [7, 11) is 0. The van der Waals surface area contributed by atoms with E-state index in [0.29, 0.717) is 19.3 Å². The van der Waals surface area contributed by atoms with E-state index in [2.05, 4.69) is 57.2 Å². The largest absolute Gasteiger partial charge is 0.479 e.